The summed E-state index contributed by atoms with van der Waals surface area (Å²) >= 11 is 0. The van der Waals surface area contributed by atoms with Crippen LogP contribution >= 0.6 is 0 Å². The van der Waals surface area contributed by atoms with Crippen molar-refractivity contribution in [2.24, 2.45) is 5.73 Å². The SMILES string of the molecule is NCCCN1CCCN(CC(=O)NCC(F)(F)F)CC1. The summed E-state index contributed by atoms with van der Waals surface area (Å²) in [4.78, 5) is 15.6. The Hall–Kier alpha value is -0.860. The van der Waals surface area contributed by atoms with Crippen LogP contribution in [0.2, 0.25) is 0 Å². The van der Waals surface area contributed by atoms with Crippen molar-refractivity contribution in [2.45, 2.75) is 19.0 Å². The molecule has 20 heavy (non-hydrogen) atoms. The molecule has 0 aromatic heterocycles. The standard InChI is InChI=1S/C12H23F3N4O/c13-12(14,15)10-17-11(20)9-19-6-2-5-18(7-8-19)4-1-3-16/h1-10,16H2,(H,17,20). The molecule has 1 heterocycles. The van der Waals surface area contributed by atoms with Crippen LogP contribution in [0, 0.1) is 0 Å². The second-order valence-electron chi connectivity index (χ2n) is 5.01. The Labute approximate surface area is 117 Å². The molecule has 118 valence electrons. The fourth-order valence-electron chi connectivity index (χ4n) is 2.18. The highest BCUT2D eigenvalue weighted by molar-refractivity contribution is 5.78. The number of nitrogens with one attached hydrogen (secondary N) is 1. The number of carbonyl (C=O) groups is 1. The van der Waals surface area contributed by atoms with Crippen molar-refractivity contribution in [3.05, 3.63) is 0 Å². The number of alkyl halides is 3. The summed E-state index contributed by atoms with van der Waals surface area (Å²) < 4.78 is 36.0. The second-order valence-corrected chi connectivity index (χ2v) is 5.01. The Morgan fingerprint density at radius 3 is 2.45 bits per heavy atom. The number of amides is 1. The number of hydrogen-bond donors (Lipinski definition) is 2. The number of hydrogen-bond acceptors (Lipinski definition) is 4. The van der Waals surface area contributed by atoms with Crippen LogP contribution in [0.4, 0.5) is 13.2 Å². The molecule has 3 N–H and O–H groups in total. The van der Waals surface area contributed by atoms with E-state index in [0.29, 0.717) is 13.1 Å². The van der Waals surface area contributed by atoms with Crippen molar-refractivity contribution >= 4 is 5.91 Å². The van der Waals surface area contributed by atoms with E-state index in [2.05, 4.69) is 4.90 Å². The van der Waals surface area contributed by atoms with Crippen molar-refractivity contribution < 1.29 is 18.0 Å². The molecule has 1 fully saturated rings. The van der Waals surface area contributed by atoms with E-state index in [1.54, 1.807) is 0 Å². The lowest BCUT2D eigenvalue weighted by Gasteiger charge is -2.21. The predicted octanol–water partition coefficient (Wildman–Crippen LogP) is 0.0214. The molecule has 0 aliphatic carbocycles. The van der Waals surface area contributed by atoms with Crippen LogP contribution in [0.3, 0.4) is 0 Å². The van der Waals surface area contributed by atoms with Crippen molar-refractivity contribution in [1.29, 1.82) is 0 Å². The van der Waals surface area contributed by atoms with Gasteiger partial charge in [-0.25, -0.2) is 0 Å². The fraction of sp³-hybridized carbons (Fsp3) is 0.917. The minimum Gasteiger partial charge on any atom is -0.346 e. The average Bonchev–Trinajstić information content (AvgIpc) is 2.59. The van der Waals surface area contributed by atoms with Crippen molar-refractivity contribution in [3.63, 3.8) is 0 Å². The molecule has 0 saturated carbocycles. The van der Waals surface area contributed by atoms with Crippen LogP contribution in [0.15, 0.2) is 0 Å². The Morgan fingerprint density at radius 2 is 1.80 bits per heavy atom. The van der Waals surface area contributed by atoms with Gasteiger partial charge in [0.05, 0.1) is 6.54 Å². The maximum absolute atomic E-state index is 12.0. The van der Waals surface area contributed by atoms with Gasteiger partial charge < -0.3 is 16.0 Å². The summed E-state index contributed by atoms with van der Waals surface area (Å²) in [5.41, 5.74) is 5.46. The molecule has 0 bridgehead atoms. The lowest BCUT2D eigenvalue weighted by Crippen LogP contribution is -2.42. The summed E-state index contributed by atoms with van der Waals surface area (Å²) in [5, 5.41) is 1.90. The Morgan fingerprint density at radius 1 is 1.15 bits per heavy atom. The van der Waals surface area contributed by atoms with Crippen LogP contribution < -0.4 is 11.1 Å². The monoisotopic (exact) mass is 296 g/mol. The molecule has 0 spiro atoms. The third kappa shape index (κ3) is 7.66. The zero-order chi connectivity index (χ0) is 15.0. The molecular formula is C12H23F3N4O. The largest absolute Gasteiger partial charge is 0.405 e. The highest BCUT2D eigenvalue weighted by Crippen LogP contribution is 2.12. The first kappa shape index (κ1) is 17.2. The third-order valence-electron chi connectivity index (χ3n) is 3.21. The average molecular weight is 296 g/mol. The summed E-state index contributed by atoms with van der Waals surface area (Å²) in [6.07, 6.45) is -2.50. The van der Waals surface area contributed by atoms with Gasteiger partial charge in [0.2, 0.25) is 5.91 Å². The number of rotatable bonds is 6. The molecule has 0 aromatic rings. The van der Waals surface area contributed by atoms with E-state index in [9.17, 15) is 18.0 Å². The summed E-state index contributed by atoms with van der Waals surface area (Å²) in [7, 11) is 0. The van der Waals surface area contributed by atoms with E-state index in [1.807, 2.05) is 10.2 Å². The van der Waals surface area contributed by atoms with Gasteiger partial charge in [-0.05, 0) is 39.0 Å². The first-order valence-electron chi connectivity index (χ1n) is 6.89. The lowest BCUT2D eigenvalue weighted by molar-refractivity contribution is -0.139. The molecule has 0 unspecified atom stereocenters. The van der Waals surface area contributed by atoms with Crippen molar-refractivity contribution in [2.75, 3.05) is 52.4 Å². The van der Waals surface area contributed by atoms with Crippen LogP contribution in [-0.4, -0.2) is 74.2 Å². The summed E-state index contributed by atoms with van der Waals surface area (Å²) in [6, 6.07) is 0. The van der Waals surface area contributed by atoms with Gasteiger partial charge >= 0.3 is 6.18 Å². The number of halogens is 3. The topological polar surface area (TPSA) is 61.6 Å². The van der Waals surface area contributed by atoms with Crippen molar-refractivity contribution in [1.82, 2.24) is 15.1 Å². The second kappa shape index (κ2) is 8.43. The van der Waals surface area contributed by atoms with Crippen LogP contribution in [0.5, 0.6) is 0 Å². The predicted molar refractivity (Wildman–Crippen MR) is 70.2 cm³/mol. The van der Waals surface area contributed by atoms with Gasteiger partial charge in [0.25, 0.3) is 0 Å². The Bertz CT molecular complexity index is 299. The molecule has 1 amide bonds. The van der Waals surface area contributed by atoms with Gasteiger partial charge in [0.15, 0.2) is 0 Å². The van der Waals surface area contributed by atoms with Gasteiger partial charge in [0.1, 0.15) is 6.54 Å². The molecule has 0 radical (unpaired) electrons. The van der Waals surface area contributed by atoms with E-state index >= 15 is 0 Å². The Balaban J connectivity index is 2.25. The van der Waals surface area contributed by atoms with Crippen LogP contribution in [-0.2, 0) is 4.79 Å². The molecular weight excluding hydrogens is 273 g/mol. The maximum Gasteiger partial charge on any atom is 0.405 e. The number of carbonyl (C=O) groups excluding carboxylic acids is 1. The highest BCUT2D eigenvalue weighted by Gasteiger charge is 2.28. The van der Waals surface area contributed by atoms with E-state index in [4.69, 9.17) is 5.73 Å². The minimum atomic E-state index is -4.35. The summed E-state index contributed by atoms with van der Waals surface area (Å²) in [6.45, 7) is 3.56. The molecule has 1 saturated heterocycles. The van der Waals surface area contributed by atoms with Crippen LogP contribution in [0.25, 0.3) is 0 Å². The number of nitrogens with zero attached hydrogens (tertiary/aromatic N) is 2. The highest BCUT2D eigenvalue weighted by atomic mass is 19.4. The zero-order valence-corrected chi connectivity index (χ0v) is 11.6. The zero-order valence-electron chi connectivity index (χ0n) is 11.6. The van der Waals surface area contributed by atoms with E-state index in [-0.39, 0.29) is 6.54 Å². The number of nitrogens with two attached hydrogens (primary N) is 1. The maximum atomic E-state index is 12.0. The smallest absolute Gasteiger partial charge is 0.346 e. The van der Waals surface area contributed by atoms with E-state index in [0.717, 1.165) is 39.0 Å². The van der Waals surface area contributed by atoms with Crippen molar-refractivity contribution in [3.8, 4) is 0 Å². The third-order valence-corrected chi connectivity index (χ3v) is 3.21. The molecule has 5 nitrogen and oxygen atoms in total. The molecule has 1 aliphatic rings. The molecule has 0 atom stereocenters. The van der Waals surface area contributed by atoms with Crippen LogP contribution in [0.1, 0.15) is 12.8 Å². The normalized spacial score (nSPS) is 18.8. The van der Waals surface area contributed by atoms with Gasteiger partial charge in [-0.2, -0.15) is 13.2 Å². The molecule has 8 heteroatoms. The first-order valence-corrected chi connectivity index (χ1v) is 6.89. The van der Waals surface area contributed by atoms with E-state index < -0.39 is 18.6 Å². The van der Waals surface area contributed by atoms with E-state index in [1.165, 1.54) is 0 Å². The molecule has 0 aromatic carbocycles. The fourth-order valence-corrected chi connectivity index (χ4v) is 2.18. The minimum absolute atomic E-state index is 0.0286. The molecule has 1 aliphatic heterocycles. The van der Waals surface area contributed by atoms with Gasteiger partial charge in [-0.15, -0.1) is 0 Å². The van der Waals surface area contributed by atoms with Gasteiger partial charge in [-0.3, -0.25) is 9.69 Å². The van der Waals surface area contributed by atoms with Gasteiger partial charge in [-0.1, -0.05) is 0 Å². The lowest BCUT2D eigenvalue weighted by atomic mass is 10.3. The van der Waals surface area contributed by atoms with Gasteiger partial charge in [0, 0.05) is 13.1 Å². The quantitative estimate of drug-likeness (QED) is 0.725. The summed E-state index contributed by atoms with van der Waals surface area (Å²) in [5.74, 6) is -0.572. The first-order chi connectivity index (χ1) is 9.40. The Kier molecular flexibility index (Phi) is 7.25. The molecule has 1 rings (SSSR count).